The maximum absolute atomic E-state index is 13.9. The van der Waals surface area contributed by atoms with Gasteiger partial charge < -0.3 is 9.64 Å². The van der Waals surface area contributed by atoms with Crippen LogP contribution in [0.5, 0.6) is 5.75 Å². The SMILES string of the molecule is CCN(Cc1ccccc1)C(=O)C(C)N(C)Cc1ccc(OC)c(F)c1. The Labute approximate surface area is 155 Å². The molecule has 0 spiro atoms. The molecular formula is C21H27FN2O2. The Balaban J connectivity index is 2.02. The number of nitrogens with zero attached hydrogens (tertiary/aromatic N) is 2. The van der Waals surface area contributed by atoms with E-state index in [0.717, 1.165) is 11.1 Å². The average molecular weight is 358 g/mol. The van der Waals surface area contributed by atoms with Crippen LogP contribution in [0.3, 0.4) is 0 Å². The molecule has 0 N–H and O–H groups in total. The largest absolute Gasteiger partial charge is 0.494 e. The van der Waals surface area contributed by atoms with Crippen molar-refractivity contribution < 1.29 is 13.9 Å². The number of rotatable bonds is 8. The monoisotopic (exact) mass is 358 g/mol. The minimum atomic E-state index is -0.392. The summed E-state index contributed by atoms with van der Waals surface area (Å²) in [4.78, 5) is 16.6. The molecule has 4 nitrogen and oxygen atoms in total. The van der Waals surface area contributed by atoms with Crippen LogP contribution >= 0.6 is 0 Å². The molecule has 26 heavy (non-hydrogen) atoms. The highest BCUT2D eigenvalue weighted by Gasteiger charge is 2.23. The first-order chi connectivity index (χ1) is 12.5. The van der Waals surface area contributed by atoms with Gasteiger partial charge in [0.2, 0.25) is 5.91 Å². The van der Waals surface area contributed by atoms with Crippen LogP contribution in [0.1, 0.15) is 25.0 Å². The molecule has 0 radical (unpaired) electrons. The summed E-state index contributed by atoms with van der Waals surface area (Å²) in [7, 11) is 3.32. The van der Waals surface area contributed by atoms with E-state index >= 15 is 0 Å². The lowest BCUT2D eigenvalue weighted by molar-refractivity contribution is -0.136. The minimum Gasteiger partial charge on any atom is -0.494 e. The minimum absolute atomic E-state index is 0.0628. The van der Waals surface area contributed by atoms with Crippen molar-refractivity contribution in [3.63, 3.8) is 0 Å². The smallest absolute Gasteiger partial charge is 0.239 e. The van der Waals surface area contributed by atoms with E-state index in [-0.39, 0.29) is 17.7 Å². The Kier molecular flexibility index (Phi) is 7.16. The fourth-order valence-corrected chi connectivity index (χ4v) is 2.84. The number of benzene rings is 2. The van der Waals surface area contributed by atoms with E-state index in [4.69, 9.17) is 4.74 Å². The van der Waals surface area contributed by atoms with Gasteiger partial charge in [0.25, 0.3) is 0 Å². The maximum atomic E-state index is 13.9. The summed E-state index contributed by atoms with van der Waals surface area (Å²) in [5, 5.41) is 0. The van der Waals surface area contributed by atoms with Gasteiger partial charge >= 0.3 is 0 Å². The Bertz CT molecular complexity index is 721. The number of hydrogen-bond donors (Lipinski definition) is 0. The molecule has 0 saturated heterocycles. The van der Waals surface area contributed by atoms with E-state index in [1.807, 2.05) is 67.1 Å². The van der Waals surface area contributed by atoms with Gasteiger partial charge in [0.1, 0.15) is 0 Å². The molecule has 2 rings (SSSR count). The van der Waals surface area contributed by atoms with Gasteiger partial charge in [-0.25, -0.2) is 4.39 Å². The molecule has 0 aliphatic carbocycles. The fraction of sp³-hybridized carbons (Fsp3) is 0.381. The van der Waals surface area contributed by atoms with Crippen molar-refractivity contribution in [3.05, 3.63) is 65.5 Å². The first kappa shape index (κ1) is 19.9. The Hall–Kier alpha value is -2.40. The van der Waals surface area contributed by atoms with Crippen molar-refractivity contribution in [3.8, 4) is 5.75 Å². The lowest BCUT2D eigenvalue weighted by Gasteiger charge is -2.30. The van der Waals surface area contributed by atoms with Crippen LogP contribution in [-0.2, 0) is 17.9 Å². The molecule has 0 bridgehead atoms. The van der Waals surface area contributed by atoms with E-state index in [1.54, 1.807) is 6.07 Å². The quantitative estimate of drug-likeness (QED) is 0.721. The second kappa shape index (κ2) is 9.34. The highest BCUT2D eigenvalue weighted by atomic mass is 19.1. The predicted molar refractivity (Wildman–Crippen MR) is 101 cm³/mol. The van der Waals surface area contributed by atoms with Gasteiger partial charge in [-0.05, 0) is 44.2 Å². The molecule has 140 valence electrons. The van der Waals surface area contributed by atoms with E-state index in [0.29, 0.717) is 19.6 Å². The Morgan fingerprint density at radius 1 is 1.12 bits per heavy atom. The van der Waals surface area contributed by atoms with Crippen molar-refractivity contribution in [2.75, 3.05) is 20.7 Å². The molecular weight excluding hydrogens is 331 g/mol. The summed E-state index contributed by atoms with van der Waals surface area (Å²) in [6.07, 6.45) is 0. The van der Waals surface area contributed by atoms with Crippen LogP contribution in [0.15, 0.2) is 48.5 Å². The number of hydrogen-bond acceptors (Lipinski definition) is 3. The van der Waals surface area contributed by atoms with Crippen molar-refractivity contribution in [1.82, 2.24) is 9.80 Å². The summed E-state index contributed by atoms with van der Waals surface area (Å²) >= 11 is 0. The molecule has 0 saturated carbocycles. The Morgan fingerprint density at radius 3 is 2.38 bits per heavy atom. The molecule has 0 fully saturated rings. The third-order valence-electron chi connectivity index (χ3n) is 4.58. The number of ether oxygens (including phenoxy) is 1. The summed E-state index contributed by atoms with van der Waals surface area (Å²) in [6.45, 7) is 5.58. The summed E-state index contributed by atoms with van der Waals surface area (Å²) in [6, 6.07) is 14.5. The molecule has 0 aliphatic heterocycles. The average Bonchev–Trinajstić information content (AvgIpc) is 2.66. The van der Waals surface area contributed by atoms with Gasteiger partial charge in [0, 0.05) is 19.6 Å². The maximum Gasteiger partial charge on any atom is 0.239 e. The highest BCUT2D eigenvalue weighted by Crippen LogP contribution is 2.19. The number of halogens is 1. The van der Waals surface area contributed by atoms with Gasteiger partial charge in [0.15, 0.2) is 11.6 Å². The second-order valence-corrected chi connectivity index (χ2v) is 6.40. The van der Waals surface area contributed by atoms with Crippen molar-refractivity contribution in [1.29, 1.82) is 0 Å². The van der Waals surface area contributed by atoms with Crippen molar-refractivity contribution >= 4 is 5.91 Å². The molecule has 2 aromatic carbocycles. The summed E-state index contributed by atoms with van der Waals surface area (Å²) < 4.78 is 18.8. The normalized spacial score (nSPS) is 12.1. The van der Waals surface area contributed by atoms with E-state index in [9.17, 15) is 9.18 Å². The molecule has 0 aliphatic rings. The van der Waals surface area contributed by atoms with E-state index in [2.05, 4.69) is 0 Å². The number of likely N-dealkylation sites (N-methyl/N-ethyl adjacent to an activating group) is 2. The summed E-state index contributed by atoms with van der Waals surface area (Å²) in [5.41, 5.74) is 1.91. The molecule has 2 aromatic rings. The second-order valence-electron chi connectivity index (χ2n) is 6.40. The molecule has 0 aromatic heterocycles. The first-order valence-electron chi connectivity index (χ1n) is 8.81. The molecule has 5 heteroatoms. The van der Waals surface area contributed by atoms with Gasteiger partial charge in [-0.1, -0.05) is 36.4 Å². The van der Waals surface area contributed by atoms with Crippen LogP contribution in [0.4, 0.5) is 4.39 Å². The van der Waals surface area contributed by atoms with Crippen molar-refractivity contribution in [2.24, 2.45) is 0 Å². The van der Waals surface area contributed by atoms with Crippen LogP contribution in [0.2, 0.25) is 0 Å². The highest BCUT2D eigenvalue weighted by molar-refractivity contribution is 5.81. The first-order valence-corrected chi connectivity index (χ1v) is 8.81. The topological polar surface area (TPSA) is 32.8 Å². The third-order valence-corrected chi connectivity index (χ3v) is 4.58. The standard InChI is InChI=1S/C21H27FN2O2/c1-5-24(15-17-9-7-6-8-10-17)21(25)16(2)23(3)14-18-11-12-20(26-4)19(22)13-18/h6-13,16H,5,14-15H2,1-4H3. The number of carbonyl (C=O) groups is 1. The van der Waals surface area contributed by atoms with Gasteiger partial charge in [-0.3, -0.25) is 9.69 Å². The van der Waals surface area contributed by atoms with Gasteiger partial charge in [-0.2, -0.15) is 0 Å². The molecule has 1 amide bonds. The van der Waals surface area contributed by atoms with Crippen LogP contribution in [0, 0.1) is 5.82 Å². The lowest BCUT2D eigenvalue weighted by atomic mass is 10.1. The third kappa shape index (κ3) is 5.05. The van der Waals surface area contributed by atoms with Crippen molar-refractivity contribution in [2.45, 2.75) is 33.0 Å². The zero-order chi connectivity index (χ0) is 19.1. The van der Waals surface area contributed by atoms with E-state index < -0.39 is 5.82 Å². The fourth-order valence-electron chi connectivity index (χ4n) is 2.84. The predicted octanol–water partition coefficient (Wildman–Crippen LogP) is 3.70. The zero-order valence-electron chi connectivity index (χ0n) is 15.9. The van der Waals surface area contributed by atoms with Crippen LogP contribution in [0.25, 0.3) is 0 Å². The van der Waals surface area contributed by atoms with Crippen LogP contribution < -0.4 is 4.74 Å². The number of amides is 1. The Morgan fingerprint density at radius 2 is 1.81 bits per heavy atom. The van der Waals surface area contributed by atoms with Gasteiger partial charge in [-0.15, -0.1) is 0 Å². The lowest BCUT2D eigenvalue weighted by Crippen LogP contribution is -2.45. The van der Waals surface area contributed by atoms with Gasteiger partial charge in [0.05, 0.1) is 13.2 Å². The number of methoxy groups -OCH3 is 1. The van der Waals surface area contributed by atoms with Crippen LogP contribution in [-0.4, -0.2) is 42.5 Å². The summed E-state index contributed by atoms with van der Waals surface area (Å²) in [5.74, 6) is -0.106. The number of carbonyl (C=O) groups excluding carboxylic acids is 1. The zero-order valence-corrected chi connectivity index (χ0v) is 15.9. The molecule has 0 heterocycles. The van der Waals surface area contributed by atoms with E-state index in [1.165, 1.54) is 13.2 Å². The molecule has 1 atom stereocenters. The molecule has 1 unspecified atom stereocenters.